The zero-order chi connectivity index (χ0) is 88.9. The van der Waals surface area contributed by atoms with E-state index in [0.717, 1.165) is 72.1 Å². The minimum atomic E-state index is -0.369. The molecule has 0 radical (unpaired) electrons. The summed E-state index contributed by atoms with van der Waals surface area (Å²) in [6.45, 7) is 16.9. The van der Waals surface area contributed by atoms with E-state index in [2.05, 4.69) is 337 Å². The van der Waals surface area contributed by atoms with Gasteiger partial charge >= 0.3 is 14.2 Å². The van der Waals surface area contributed by atoms with Crippen molar-refractivity contribution in [2.45, 2.75) is 109 Å². The molecular formula is C117H97B2ClN9O4-. The summed E-state index contributed by atoms with van der Waals surface area (Å²) in [5.74, 6) is 5.37. The molecule has 8 aliphatic rings. The van der Waals surface area contributed by atoms with Gasteiger partial charge in [-0.1, -0.05) is 371 Å². The van der Waals surface area contributed by atoms with Gasteiger partial charge in [-0.3, -0.25) is 0 Å². The van der Waals surface area contributed by atoms with E-state index in [9.17, 15) is 0 Å². The molecule has 13 nitrogen and oxygen atoms in total. The maximum Gasteiger partial charge on any atom is 0.494 e. The Morgan fingerprint density at radius 1 is 0.195 bits per heavy atom. The van der Waals surface area contributed by atoms with Crippen molar-refractivity contribution in [1.29, 1.82) is 0 Å². The Kier molecular flexibility index (Phi) is 22.8. The van der Waals surface area contributed by atoms with Crippen molar-refractivity contribution in [3.05, 3.63) is 456 Å². The van der Waals surface area contributed by atoms with Gasteiger partial charge in [0.05, 0.1) is 22.4 Å². The molecular weight excluding hydrogens is 1650 g/mol. The van der Waals surface area contributed by atoms with Gasteiger partial charge in [0.15, 0.2) is 46.6 Å². The Labute approximate surface area is 783 Å². The number of hydrogen-bond acceptors (Lipinski definition) is 13. The van der Waals surface area contributed by atoms with E-state index in [-0.39, 0.29) is 80.4 Å². The van der Waals surface area contributed by atoms with Crippen molar-refractivity contribution < 1.29 is 18.6 Å². The minimum Gasteiger partial charge on any atom is -0.399 e. The highest BCUT2D eigenvalue weighted by molar-refractivity contribution is 6.62. The molecule has 2 saturated heterocycles. The van der Waals surface area contributed by atoms with Crippen LogP contribution in [-0.2, 0) is 18.6 Å². The summed E-state index contributed by atoms with van der Waals surface area (Å²) in [5, 5.41) is 0.191. The molecule has 2 aliphatic heterocycles. The SMILES string of the molecule is C.CC1(C)OB(c2ccc3c(c2)C2c4ccccc4C3c3cc(B4OC(C)(C)C(C)(C)O4)ccc32)OC1(C)C.Clc1nc(-c2ccccc2)nc(-c2ccc(-c3ccccc3)cc2)n1.[CH3-].c1ccc(-c2ccc(-c3nc(-c4ccccc4)nc(-c4ccc5c(c4)C4c6ccccc6C5c5cc(-c6nc(-c7ccccc7)nc(-c7ccc(-c8ccccc8)cc7)n6)ccc54)n3)cc2)cc1. The molecule has 4 unspecified atom stereocenters. The van der Waals surface area contributed by atoms with Gasteiger partial charge in [-0.25, -0.2) is 34.9 Å². The molecule has 6 aliphatic carbocycles. The number of benzene rings is 15. The first-order valence-electron chi connectivity index (χ1n) is 44.8. The van der Waals surface area contributed by atoms with Crippen LogP contribution in [0.3, 0.4) is 0 Å². The highest BCUT2D eigenvalue weighted by atomic mass is 35.5. The third-order valence-electron chi connectivity index (χ3n) is 27.4. The van der Waals surface area contributed by atoms with Crippen molar-refractivity contribution in [3.8, 4) is 124 Å². The lowest BCUT2D eigenvalue weighted by Crippen LogP contribution is -2.41. The van der Waals surface area contributed by atoms with E-state index in [1.165, 1.54) is 83.5 Å². The van der Waals surface area contributed by atoms with E-state index < -0.39 is 0 Å². The fourth-order valence-electron chi connectivity index (χ4n) is 19.2. The molecule has 26 rings (SSSR count). The van der Waals surface area contributed by atoms with Crippen LogP contribution in [0.25, 0.3) is 124 Å². The highest BCUT2D eigenvalue weighted by Gasteiger charge is 2.54. The quantitative estimate of drug-likeness (QED) is 0.0796. The third-order valence-corrected chi connectivity index (χ3v) is 27.6. The Balaban J connectivity index is 0.000000141. The zero-order valence-electron chi connectivity index (χ0n) is 74.8. The maximum absolute atomic E-state index is 6.42. The van der Waals surface area contributed by atoms with Crippen LogP contribution >= 0.6 is 11.6 Å². The van der Waals surface area contributed by atoms with Crippen LogP contribution < -0.4 is 10.9 Å². The number of rotatable bonds is 13. The number of halogens is 1. The Morgan fingerprint density at radius 3 is 0.624 bits per heavy atom. The lowest BCUT2D eigenvalue weighted by Gasteiger charge is -2.42. The van der Waals surface area contributed by atoms with Gasteiger partial charge in [0.1, 0.15) is 0 Å². The largest absolute Gasteiger partial charge is 0.494 e. The summed E-state index contributed by atoms with van der Waals surface area (Å²) in [6, 6.07) is 131. The lowest BCUT2D eigenvalue weighted by molar-refractivity contribution is 0.00578. The van der Waals surface area contributed by atoms with Gasteiger partial charge in [-0.15, -0.1) is 0 Å². The Bertz CT molecular complexity index is 7000. The molecule has 3 aromatic heterocycles. The second kappa shape index (κ2) is 35.0. The van der Waals surface area contributed by atoms with Crippen LogP contribution in [0.1, 0.15) is 153 Å². The van der Waals surface area contributed by atoms with E-state index in [1.54, 1.807) is 0 Å². The smallest absolute Gasteiger partial charge is 0.399 e. The summed E-state index contributed by atoms with van der Waals surface area (Å²) < 4.78 is 25.7. The van der Waals surface area contributed by atoms with E-state index in [4.69, 9.17) is 60.1 Å². The van der Waals surface area contributed by atoms with E-state index >= 15 is 0 Å². The summed E-state index contributed by atoms with van der Waals surface area (Å²) in [6.07, 6.45) is 0. The van der Waals surface area contributed by atoms with Crippen LogP contribution in [0.5, 0.6) is 0 Å². The van der Waals surface area contributed by atoms with Crippen LogP contribution in [0, 0.1) is 7.43 Å². The molecule has 18 aromatic rings. The molecule has 4 atom stereocenters. The van der Waals surface area contributed by atoms with Crippen LogP contribution in [0.15, 0.2) is 376 Å². The van der Waals surface area contributed by atoms with Gasteiger partial charge in [0.25, 0.3) is 0 Å². The van der Waals surface area contributed by atoms with E-state index in [0.29, 0.717) is 46.6 Å². The van der Waals surface area contributed by atoms with Crippen molar-refractivity contribution in [3.63, 3.8) is 0 Å². The molecule has 0 spiro atoms. The summed E-state index contributed by atoms with van der Waals surface area (Å²) in [7, 11) is -0.738. The highest BCUT2D eigenvalue weighted by Crippen LogP contribution is 2.59. The first kappa shape index (κ1) is 86.6. The fourth-order valence-corrected chi connectivity index (χ4v) is 19.4. The number of hydrogen-bond donors (Lipinski definition) is 0. The number of nitrogens with zero attached hydrogens (tertiary/aromatic N) is 9. The molecule has 4 bridgehead atoms. The zero-order valence-corrected chi connectivity index (χ0v) is 75.6. The molecule has 0 amide bonds. The minimum absolute atomic E-state index is 0. The monoisotopic (exact) mass is 1750 g/mol. The first-order valence-corrected chi connectivity index (χ1v) is 45.2. The maximum atomic E-state index is 6.42. The molecule has 648 valence electrons. The van der Waals surface area contributed by atoms with Gasteiger partial charge < -0.3 is 26.0 Å². The molecule has 0 saturated carbocycles. The average Bonchev–Trinajstić information content (AvgIpc) is 0.921. The Morgan fingerprint density at radius 2 is 0.368 bits per heavy atom. The normalized spacial score (nSPS) is 16.9. The van der Waals surface area contributed by atoms with Gasteiger partial charge in [0, 0.05) is 68.2 Å². The summed E-state index contributed by atoms with van der Waals surface area (Å²) in [5.41, 5.74) is 31.1. The average molecular weight is 1750 g/mol. The second-order valence-electron chi connectivity index (χ2n) is 36.4. The van der Waals surface area contributed by atoms with Crippen LogP contribution in [0.2, 0.25) is 5.28 Å². The standard InChI is InChI=1S/C62H40N6.C32H36B2O4.C21H14ClN3.CH4.CH3/c1-5-15-39(16-6-1)41-25-29-45(30-26-41)59-63-57(43-19-9-3-10-20-43)65-61(67-59)47-33-35-51-53(37-47)55-49-23-13-14-24-50(49)56(51)54-38-48(34-36-52(54)55)62-66-58(44-21-11-4-12-22-44)64-60(68-62)46-31-27-42(28-32-46)40-17-7-2-8-18-40;1-29(2)30(3,4)36-33(35-29)19-13-15-23-25(17-19)27-21-11-9-10-12-22(21)28(23)26-18-20(14-16-24(26)27)34-37-31(5,6)32(7,8)38-34;22-21-24-19(17-9-5-2-6-10-17)23-20(25-21)18-13-11-16(12-14-18)15-7-3-1-4-8-15;;/h1-38,55-56H;9-18,27-28H,1-8H3;1-14H;1H4;1H3/q;;;;-1. The molecule has 133 heavy (non-hydrogen) atoms. The first-order chi connectivity index (χ1) is 63.8. The molecule has 5 heterocycles. The van der Waals surface area contributed by atoms with Crippen molar-refractivity contribution in [2.75, 3.05) is 0 Å². The molecule has 16 heteroatoms. The third kappa shape index (κ3) is 16.2. The van der Waals surface area contributed by atoms with Crippen molar-refractivity contribution >= 4 is 36.8 Å². The predicted molar refractivity (Wildman–Crippen MR) is 538 cm³/mol. The molecule has 0 N–H and O–H groups in total. The molecule has 15 aromatic carbocycles. The predicted octanol–water partition coefficient (Wildman–Crippen LogP) is 26.3. The number of aromatic nitrogens is 9. The van der Waals surface area contributed by atoms with Crippen molar-refractivity contribution in [2.24, 2.45) is 0 Å². The molecule has 2 fully saturated rings. The summed E-state index contributed by atoms with van der Waals surface area (Å²) >= 11 is 6.11. The van der Waals surface area contributed by atoms with Crippen molar-refractivity contribution in [1.82, 2.24) is 44.9 Å². The van der Waals surface area contributed by atoms with Crippen LogP contribution in [-0.4, -0.2) is 81.5 Å². The van der Waals surface area contributed by atoms with Gasteiger partial charge in [-0.2, -0.15) is 9.97 Å². The summed E-state index contributed by atoms with van der Waals surface area (Å²) in [4.78, 5) is 43.8. The van der Waals surface area contributed by atoms with E-state index in [1.807, 2.05) is 109 Å². The van der Waals surface area contributed by atoms with Crippen LogP contribution in [0.4, 0.5) is 0 Å². The fraction of sp³-hybridized carbons (Fsp3) is 0.145. The van der Waals surface area contributed by atoms with Gasteiger partial charge in [0.2, 0.25) is 5.28 Å². The van der Waals surface area contributed by atoms with Gasteiger partial charge in [-0.05, 0) is 190 Å². The lowest BCUT2D eigenvalue weighted by atomic mass is 9.59. The Hall–Kier alpha value is -14.4. The second-order valence-corrected chi connectivity index (χ2v) is 36.8. The topological polar surface area (TPSA) is 153 Å².